The summed E-state index contributed by atoms with van der Waals surface area (Å²) in [6.45, 7) is 6.11. The third-order valence-electron chi connectivity index (χ3n) is 3.22. The molecule has 0 bridgehead atoms. The highest BCUT2D eigenvalue weighted by Gasteiger charge is 2.28. The summed E-state index contributed by atoms with van der Waals surface area (Å²) >= 11 is 3.52. The van der Waals surface area contributed by atoms with Crippen molar-refractivity contribution in [2.75, 3.05) is 18.0 Å². The fourth-order valence-electron chi connectivity index (χ4n) is 2.52. The number of rotatable bonds is 3. The predicted molar refractivity (Wildman–Crippen MR) is 71.1 cm³/mol. The van der Waals surface area contributed by atoms with E-state index in [4.69, 9.17) is 0 Å². The molecule has 3 heteroatoms. The van der Waals surface area contributed by atoms with Gasteiger partial charge in [0.15, 0.2) is 0 Å². The zero-order valence-electron chi connectivity index (χ0n) is 9.78. The molecule has 1 heterocycles. The fourth-order valence-corrected chi connectivity index (χ4v) is 2.89. The average molecular weight is 284 g/mol. The maximum atomic E-state index is 9.54. The van der Waals surface area contributed by atoms with E-state index in [-0.39, 0.29) is 6.10 Å². The van der Waals surface area contributed by atoms with Gasteiger partial charge in [0.05, 0.1) is 6.10 Å². The molecule has 1 N–H and O–H groups in total. The van der Waals surface area contributed by atoms with Crippen molar-refractivity contribution in [3.8, 4) is 0 Å². The predicted octanol–water partition coefficient (Wildman–Crippen LogP) is 3.14. The molecule has 0 saturated heterocycles. The lowest BCUT2D eigenvalue weighted by Crippen LogP contribution is -2.22. The number of hydrogen-bond donors (Lipinski definition) is 1. The number of aliphatic hydroxyl groups excluding tert-OH is 1. The van der Waals surface area contributed by atoms with E-state index in [1.54, 1.807) is 0 Å². The van der Waals surface area contributed by atoms with E-state index >= 15 is 0 Å². The third kappa shape index (κ3) is 2.25. The summed E-state index contributed by atoms with van der Waals surface area (Å²) in [5.74, 6) is 0.465. The summed E-state index contributed by atoms with van der Waals surface area (Å²) in [6.07, 6.45) is 0.619. The van der Waals surface area contributed by atoms with Gasteiger partial charge in [0, 0.05) is 29.2 Å². The van der Waals surface area contributed by atoms with Gasteiger partial charge >= 0.3 is 0 Å². The van der Waals surface area contributed by atoms with Crippen LogP contribution in [0, 0.1) is 0 Å². The highest BCUT2D eigenvalue weighted by molar-refractivity contribution is 9.10. The minimum absolute atomic E-state index is 0.228. The quantitative estimate of drug-likeness (QED) is 0.921. The molecule has 16 heavy (non-hydrogen) atoms. The topological polar surface area (TPSA) is 23.5 Å². The van der Waals surface area contributed by atoms with Gasteiger partial charge in [-0.1, -0.05) is 15.9 Å². The summed E-state index contributed by atoms with van der Waals surface area (Å²) in [5, 5.41) is 9.54. The van der Waals surface area contributed by atoms with Gasteiger partial charge in [-0.3, -0.25) is 0 Å². The Labute approximate surface area is 105 Å². The van der Waals surface area contributed by atoms with E-state index in [2.05, 4.69) is 46.0 Å². The molecule has 2 atom stereocenters. The molecule has 0 radical (unpaired) electrons. The average Bonchev–Trinajstić information content (AvgIpc) is 2.55. The third-order valence-corrected chi connectivity index (χ3v) is 3.71. The largest absolute Gasteiger partial charge is 0.393 e. The summed E-state index contributed by atoms with van der Waals surface area (Å²) in [6, 6.07) is 6.45. The van der Waals surface area contributed by atoms with Gasteiger partial charge in [0.25, 0.3) is 0 Å². The van der Waals surface area contributed by atoms with Crippen LogP contribution in [0.2, 0.25) is 0 Å². The lowest BCUT2D eigenvalue weighted by Gasteiger charge is -2.17. The van der Waals surface area contributed by atoms with E-state index in [0.717, 1.165) is 24.0 Å². The molecular formula is C13H18BrNO. The van der Waals surface area contributed by atoms with Crippen LogP contribution in [-0.4, -0.2) is 24.3 Å². The first kappa shape index (κ1) is 11.9. The molecule has 0 aliphatic carbocycles. The number of benzene rings is 1. The summed E-state index contributed by atoms with van der Waals surface area (Å²) < 4.78 is 1.12. The van der Waals surface area contributed by atoms with Crippen molar-refractivity contribution in [3.63, 3.8) is 0 Å². The lowest BCUT2D eigenvalue weighted by molar-refractivity contribution is 0.176. The van der Waals surface area contributed by atoms with Crippen LogP contribution in [0.25, 0.3) is 0 Å². The minimum atomic E-state index is -0.228. The van der Waals surface area contributed by atoms with Gasteiger partial charge in [-0.2, -0.15) is 0 Å². The Morgan fingerprint density at radius 2 is 2.31 bits per heavy atom. The van der Waals surface area contributed by atoms with E-state index in [1.807, 2.05) is 6.92 Å². The Kier molecular flexibility index (Phi) is 3.55. The number of hydrogen-bond acceptors (Lipinski definition) is 2. The highest BCUT2D eigenvalue weighted by atomic mass is 79.9. The maximum Gasteiger partial charge on any atom is 0.0518 e. The molecule has 88 valence electrons. The Balaban J connectivity index is 2.31. The van der Waals surface area contributed by atoms with Crippen LogP contribution in [-0.2, 0) is 0 Å². The first-order valence-electron chi connectivity index (χ1n) is 5.84. The Bertz CT molecular complexity index is 378. The van der Waals surface area contributed by atoms with Crippen molar-refractivity contribution in [2.45, 2.75) is 32.3 Å². The first-order valence-corrected chi connectivity index (χ1v) is 6.63. The number of nitrogens with zero attached hydrogens (tertiary/aromatic N) is 1. The summed E-state index contributed by atoms with van der Waals surface area (Å²) in [7, 11) is 0. The number of aliphatic hydroxyl groups is 1. The SMILES string of the molecule is CCN1CC(CC(C)O)c2cc(Br)ccc21. The summed E-state index contributed by atoms with van der Waals surface area (Å²) in [5.41, 5.74) is 2.70. The van der Waals surface area contributed by atoms with Crippen molar-refractivity contribution < 1.29 is 5.11 Å². The molecule has 2 nitrogen and oxygen atoms in total. The first-order chi connectivity index (χ1) is 7.61. The normalized spacial score (nSPS) is 21.0. The van der Waals surface area contributed by atoms with Gasteiger partial charge in [0.1, 0.15) is 0 Å². The number of fused-ring (bicyclic) bond motifs is 1. The molecule has 1 aromatic carbocycles. The van der Waals surface area contributed by atoms with Crippen molar-refractivity contribution in [1.82, 2.24) is 0 Å². The molecule has 0 fully saturated rings. The van der Waals surface area contributed by atoms with Crippen LogP contribution in [0.1, 0.15) is 31.7 Å². The molecule has 0 spiro atoms. The van der Waals surface area contributed by atoms with E-state index < -0.39 is 0 Å². The second-order valence-electron chi connectivity index (χ2n) is 4.52. The number of anilines is 1. The van der Waals surface area contributed by atoms with Gasteiger partial charge in [-0.15, -0.1) is 0 Å². The molecule has 0 saturated carbocycles. The molecule has 1 aromatic rings. The van der Waals surface area contributed by atoms with Crippen molar-refractivity contribution in [1.29, 1.82) is 0 Å². The molecule has 0 amide bonds. The van der Waals surface area contributed by atoms with Crippen LogP contribution in [0.15, 0.2) is 22.7 Å². The van der Waals surface area contributed by atoms with Crippen LogP contribution in [0.5, 0.6) is 0 Å². The molecule has 1 aliphatic rings. The van der Waals surface area contributed by atoms with Crippen molar-refractivity contribution >= 4 is 21.6 Å². The fraction of sp³-hybridized carbons (Fsp3) is 0.538. The van der Waals surface area contributed by atoms with E-state index in [0.29, 0.717) is 5.92 Å². The maximum absolute atomic E-state index is 9.54. The monoisotopic (exact) mass is 283 g/mol. The Morgan fingerprint density at radius 1 is 1.56 bits per heavy atom. The van der Waals surface area contributed by atoms with Gasteiger partial charge in [-0.05, 0) is 44.0 Å². The highest BCUT2D eigenvalue weighted by Crippen LogP contribution is 2.39. The van der Waals surface area contributed by atoms with Gasteiger partial charge in [0.2, 0.25) is 0 Å². The van der Waals surface area contributed by atoms with E-state index in [1.165, 1.54) is 11.3 Å². The number of likely N-dealkylation sites (N-methyl/N-ethyl adjacent to an activating group) is 1. The zero-order chi connectivity index (χ0) is 11.7. The van der Waals surface area contributed by atoms with Gasteiger partial charge < -0.3 is 10.0 Å². The standard InChI is InChI=1S/C13H18BrNO/c1-3-15-8-10(6-9(2)16)12-7-11(14)4-5-13(12)15/h4-5,7,9-10,16H,3,6,8H2,1-2H3. The van der Waals surface area contributed by atoms with Crippen molar-refractivity contribution in [3.05, 3.63) is 28.2 Å². The second kappa shape index (κ2) is 4.76. The minimum Gasteiger partial charge on any atom is -0.393 e. The van der Waals surface area contributed by atoms with Crippen LogP contribution in [0.4, 0.5) is 5.69 Å². The van der Waals surface area contributed by atoms with Crippen LogP contribution >= 0.6 is 15.9 Å². The van der Waals surface area contributed by atoms with Crippen molar-refractivity contribution in [2.24, 2.45) is 0 Å². The Morgan fingerprint density at radius 3 is 2.94 bits per heavy atom. The zero-order valence-corrected chi connectivity index (χ0v) is 11.4. The van der Waals surface area contributed by atoms with Crippen LogP contribution < -0.4 is 4.90 Å². The smallest absolute Gasteiger partial charge is 0.0518 e. The molecule has 2 rings (SSSR count). The van der Waals surface area contributed by atoms with Crippen LogP contribution in [0.3, 0.4) is 0 Å². The lowest BCUT2D eigenvalue weighted by atomic mass is 9.96. The Hall–Kier alpha value is -0.540. The second-order valence-corrected chi connectivity index (χ2v) is 5.44. The molecular weight excluding hydrogens is 266 g/mol. The molecule has 2 unspecified atom stereocenters. The molecule has 0 aromatic heterocycles. The number of halogens is 1. The molecule has 1 aliphatic heterocycles. The van der Waals surface area contributed by atoms with Gasteiger partial charge in [-0.25, -0.2) is 0 Å². The summed E-state index contributed by atoms with van der Waals surface area (Å²) in [4.78, 5) is 2.38. The van der Waals surface area contributed by atoms with E-state index in [9.17, 15) is 5.11 Å².